The van der Waals surface area contributed by atoms with E-state index in [0.29, 0.717) is 16.6 Å². The van der Waals surface area contributed by atoms with Gasteiger partial charge in [0.05, 0.1) is 30.0 Å². The summed E-state index contributed by atoms with van der Waals surface area (Å²) in [6.07, 6.45) is 2.64. The lowest BCUT2D eigenvalue weighted by Crippen LogP contribution is -2.31. The third kappa shape index (κ3) is 4.50. The summed E-state index contributed by atoms with van der Waals surface area (Å²) in [5.74, 6) is 1.26. The molecule has 0 unspecified atom stereocenters. The van der Waals surface area contributed by atoms with E-state index in [1.54, 1.807) is 14.2 Å². The Kier molecular flexibility index (Phi) is 6.20. The number of aromatic nitrogens is 2. The van der Waals surface area contributed by atoms with Crippen molar-refractivity contribution in [3.63, 3.8) is 0 Å². The molecule has 1 aliphatic rings. The summed E-state index contributed by atoms with van der Waals surface area (Å²) in [4.78, 5) is 24.7. The molecule has 0 spiro atoms. The Balaban J connectivity index is 1.22. The molecule has 0 saturated carbocycles. The molecule has 0 aliphatic carbocycles. The summed E-state index contributed by atoms with van der Waals surface area (Å²) in [5, 5.41) is 4.69. The van der Waals surface area contributed by atoms with Gasteiger partial charge in [-0.2, -0.15) is 0 Å². The van der Waals surface area contributed by atoms with Crippen molar-refractivity contribution in [3.8, 4) is 11.5 Å². The van der Waals surface area contributed by atoms with Crippen LogP contribution in [0.4, 0.5) is 5.13 Å². The van der Waals surface area contributed by atoms with Gasteiger partial charge in [-0.25, -0.2) is 4.98 Å². The van der Waals surface area contributed by atoms with Crippen molar-refractivity contribution in [1.82, 2.24) is 14.9 Å². The Morgan fingerprint density at radius 2 is 1.86 bits per heavy atom. The molecule has 0 radical (unpaired) electrons. The summed E-state index contributed by atoms with van der Waals surface area (Å²) in [6, 6.07) is 19.9. The first-order chi connectivity index (χ1) is 18.1. The second kappa shape index (κ2) is 9.80. The highest BCUT2D eigenvalue weighted by molar-refractivity contribution is 7.22. The topological polar surface area (TPSA) is 76.6 Å². The van der Waals surface area contributed by atoms with Crippen LogP contribution >= 0.6 is 11.3 Å². The van der Waals surface area contributed by atoms with E-state index in [2.05, 4.69) is 32.3 Å². The average molecular weight is 511 g/mol. The maximum atomic E-state index is 13.2. The van der Waals surface area contributed by atoms with Crippen molar-refractivity contribution in [2.75, 3.05) is 26.1 Å². The average Bonchev–Trinajstić information content (AvgIpc) is 3.34. The summed E-state index contributed by atoms with van der Waals surface area (Å²) in [7, 11) is 3.28. The van der Waals surface area contributed by atoms with Crippen LogP contribution in [0.2, 0.25) is 0 Å². The quantitative estimate of drug-likeness (QED) is 0.317. The Labute approximate surface area is 218 Å². The Morgan fingerprint density at radius 1 is 1.03 bits per heavy atom. The Morgan fingerprint density at radius 3 is 2.70 bits per heavy atom. The standard InChI is InChI=1S/C29H26N4O3S/c1-35-25-14-22-19(10-12-30-24(22)15-26(25)36-2)17-33-13-11-20-18(16-33)6-5-7-21(20)28(34)32-29-31-23-8-3-4-9-27(23)37-29/h3-10,12,14-15H,11,13,16-17H2,1-2H3,(H,31,32,34). The van der Waals surface area contributed by atoms with Crippen molar-refractivity contribution >= 4 is 43.5 Å². The lowest BCUT2D eigenvalue weighted by molar-refractivity contribution is 0.102. The van der Waals surface area contributed by atoms with Gasteiger partial charge >= 0.3 is 0 Å². The van der Waals surface area contributed by atoms with E-state index in [0.717, 1.165) is 58.3 Å². The molecule has 186 valence electrons. The fourth-order valence-electron chi connectivity index (χ4n) is 5.01. The lowest BCUT2D eigenvalue weighted by Gasteiger charge is -2.30. The van der Waals surface area contributed by atoms with E-state index in [-0.39, 0.29) is 5.91 Å². The highest BCUT2D eigenvalue weighted by Crippen LogP contribution is 2.34. The van der Waals surface area contributed by atoms with Crippen molar-refractivity contribution in [1.29, 1.82) is 0 Å². The zero-order valence-electron chi connectivity index (χ0n) is 20.7. The van der Waals surface area contributed by atoms with Gasteiger partial charge in [0.1, 0.15) is 0 Å². The molecule has 1 aliphatic heterocycles. The number of nitrogens with zero attached hydrogens (tertiary/aromatic N) is 3. The van der Waals surface area contributed by atoms with E-state index < -0.39 is 0 Å². The number of methoxy groups -OCH3 is 2. The number of thiazole rings is 1. The molecule has 3 aromatic carbocycles. The monoisotopic (exact) mass is 510 g/mol. The molecule has 2 aromatic heterocycles. The third-order valence-corrected chi connectivity index (χ3v) is 7.79. The number of para-hydroxylation sites is 1. The number of rotatable bonds is 6. The predicted octanol–water partition coefficient (Wildman–Crippen LogP) is 5.67. The van der Waals surface area contributed by atoms with Crippen molar-refractivity contribution in [2.45, 2.75) is 19.5 Å². The summed E-state index contributed by atoms with van der Waals surface area (Å²) in [6.45, 7) is 2.40. The van der Waals surface area contributed by atoms with Gasteiger partial charge in [0.2, 0.25) is 0 Å². The van der Waals surface area contributed by atoms with Gasteiger partial charge in [-0.1, -0.05) is 35.6 Å². The van der Waals surface area contributed by atoms with Crippen LogP contribution in [0.15, 0.2) is 66.9 Å². The van der Waals surface area contributed by atoms with E-state index in [4.69, 9.17) is 9.47 Å². The molecule has 5 aromatic rings. The first-order valence-corrected chi connectivity index (χ1v) is 12.9. The minimum atomic E-state index is -0.106. The van der Waals surface area contributed by atoms with Gasteiger partial charge in [-0.15, -0.1) is 0 Å². The number of nitrogens with one attached hydrogen (secondary N) is 1. The summed E-state index contributed by atoms with van der Waals surface area (Å²) < 4.78 is 12.0. The number of anilines is 1. The number of amides is 1. The predicted molar refractivity (Wildman–Crippen MR) is 147 cm³/mol. The minimum absolute atomic E-state index is 0.106. The van der Waals surface area contributed by atoms with Gasteiger partial charge in [-0.3, -0.25) is 20.0 Å². The second-order valence-corrected chi connectivity index (χ2v) is 10.1. The van der Waals surface area contributed by atoms with E-state index in [1.165, 1.54) is 22.5 Å². The highest BCUT2D eigenvalue weighted by Gasteiger charge is 2.23. The first-order valence-electron chi connectivity index (χ1n) is 12.1. The van der Waals surface area contributed by atoms with Crippen LogP contribution in [-0.2, 0) is 19.5 Å². The van der Waals surface area contributed by atoms with Crippen LogP contribution in [0.25, 0.3) is 21.1 Å². The lowest BCUT2D eigenvalue weighted by atomic mass is 9.93. The number of carbonyl (C=O) groups is 1. The van der Waals surface area contributed by atoms with E-state index in [9.17, 15) is 4.79 Å². The molecular formula is C29H26N4O3S. The fraction of sp³-hybridized carbons (Fsp3) is 0.207. The Bertz CT molecular complexity index is 1600. The molecule has 1 amide bonds. The maximum Gasteiger partial charge on any atom is 0.257 e. The number of hydrogen-bond donors (Lipinski definition) is 1. The van der Waals surface area contributed by atoms with Crippen LogP contribution < -0.4 is 14.8 Å². The highest BCUT2D eigenvalue weighted by atomic mass is 32.1. The SMILES string of the molecule is COc1cc2nccc(CN3CCc4c(cccc4C(=O)Nc4nc5ccccc5s4)C3)c2cc1OC. The maximum absolute atomic E-state index is 13.2. The number of carbonyl (C=O) groups excluding carboxylic acids is 1. The first kappa shape index (κ1) is 23.4. The van der Waals surface area contributed by atoms with Gasteiger partial charge in [-0.05, 0) is 53.4 Å². The second-order valence-electron chi connectivity index (χ2n) is 9.04. The molecule has 0 saturated heterocycles. The molecule has 0 atom stereocenters. The Hall–Kier alpha value is -4.01. The molecular weight excluding hydrogens is 484 g/mol. The van der Waals surface area contributed by atoms with Gasteiger partial charge in [0.15, 0.2) is 16.6 Å². The zero-order chi connectivity index (χ0) is 25.4. The number of fused-ring (bicyclic) bond motifs is 3. The summed E-state index contributed by atoms with van der Waals surface area (Å²) >= 11 is 1.49. The number of hydrogen-bond acceptors (Lipinski definition) is 7. The van der Waals surface area contributed by atoms with Crippen LogP contribution in [0.3, 0.4) is 0 Å². The van der Waals surface area contributed by atoms with Crippen molar-refractivity contribution in [2.24, 2.45) is 0 Å². The molecule has 0 fully saturated rings. The van der Waals surface area contributed by atoms with Gasteiger partial charge in [0.25, 0.3) is 5.91 Å². The largest absolute Gasteiger partial charge is 0.493 e. The molecule has 0 bridgehead atoms. The van der Waals surface area contributed by atoms with E-state index >= 15 is 0 Å². The summed E-state index contributed by atoms with van der Waals surface area (Å²) in [5.41, 5.74) is 5.97. The van der Waals surface area contributed by atoms with Crippen LogP contribution in [-0.4, -0.2) is 41.5 Å². The van der Waals surface area contributed by atoms with Crippen molar-refractivity contribution < 1.29 is 14.3 Å². The molecule has 6 rings (SSSR count). The van der Waals surface area contributed by atoms with Crippen molar-refractivity contribution in [3.05, 3.63) is 89.1 Å². The van der Waals surface area contributed by atoms with Crippen LogP contribution in [0.1, 0.15) is 27.0 Å². The molecule has 37 heavy (non-hydrogen) atoms. The molecule has 3 heterocycles. The molecule has 7 nitrogen and oxygen atoms in total. The third-order valence-electron chi connectivity index (χ3n) is 6.84. The van der Waals surface area contributed by atoms with Crippen LogP contribution in [0, 0.1) is 0 Å². The van der Waals surface area contributed by atoms with E-state index in [1.807, 2.05) is 54.7 Å². The van der Waals surface area contributed by atoms with Gasteiger partial charge in [0, 0.05) is 42.8 Å². The smallest absolute Gasteiger partial charge is 0.257 e. The number of pyridine rings is 1. The zero-order valence-corrected chi connectivity index (χ0v) is 21.5. The number of benzene rings is 3. The van der Waals surface area contributed by atoms with Gasteiger partial charge < -0.3 is 9.47 Å². The molecule has 1 N–H and O–H groups in total. The minimum Gasteiger partial charge on any atom is -0.493 e. The molecule has 8 heteroatoms. The number of ether oxygens (including phenoxy) is 2. The van der Waals surface area contributed by atoms with Crippen LogP contribution in [0.5, 0.6) is 11.5 Å². The fourth-order valence-corrected chi connectivity index (χ4v) is 5.87. The normalized spacial score (nSPS) is 13.5.